The molecule has 1 aliphatic carbocycles. The minimum Gasteiger partial charge on any atom is -0.479 e. The molecule has 0 bridgehead atoms. The Balaban J connectivity index is 2.60. The number of rotatable bonds is 6. The summed E-state index contributed by atoms with van der Waals surface area (Å²) < 4.78 is 5.65. The highest BCUT2D eigenvalue weighted by Gasteiger charge is 2.36. The number of hydrogen-bond acceptors (Lipinski definition) is 4. The zero-order valence-corrected chi connectivity index (χ0v) is 16.5. The molecule has 0 aromatic carbocycles. The Labute approximate surface area is 145 Å². The highest BCUT2D eigenvalue weighted by atomic mass is 32.2. The molecular formula is C18H30O2S2. The lowest BCUT2D eigenvalue weighted by molar-refractivity contribution is -0.121. The van der Waals surface area contributed by atoms with Crippen molar-refractivity contribution in [1.82, 2.24) is 0 Å². The van der Waals surface area contributed by atoms with Crippen molar-refractivity contribution < 1.29 is 9.53 Å². The van der Waals surface area contributed by atoms with Crippen molar-refractivity contribution in [2.45, 2.75) is 72.0 Å². The van der Waals surface area contributed by atoms with Crippen molar-refractivity contribution in [2.75, 3.05) is 6.61 Å². The first-order valence-corrected chi connectivity index (χ1v) is 9.25. The maximum Gasteiger partial charge on any atom is 0.220 e. The van der Waals surface area contributed by atoms with Crippen molar-refractivity contribution in [3.8, 4) is 0 Å². The Morgan fingerprint density at radius 3 is 2.55 bits per heavy atom. The highest BCUT2D eigenvalue weighted by Crippen LogP contribution is 2.44. The van der Waals surface area contributed by atoms with Crippen LogP contribution in [-0.4, -0.2) is 21.5 Å². The number of ketones is 1. The fourth-order valence-electron chi connectivity index (χ4n) is 3.40. The molecule has 2 nitrogen and oxygen atoms in total. The first-order chi connectivity index (χ1) is 9.97. The van der Waals surface area contributed by atoms with E-state index >= 15 is 0 Å². The largest absolute Gasteiger partial charge is 0.479 e. The van der Waals surface area contributed by atoms with Crippen molar-refractivity contribution in [2.24, 2.45) is 10.8 Å². The van der Waals surface area contributed by atoms with Gasteiger partial charge in [0.1, 0.15) is 5.78 Å². The summed E-state index contributed by atoms with van der Waals surface area (Å²) in [6.45, 7) is 13.4. The van der Waals surface area contributed by atoms with Gasteiger partial charge in [0.25, 0.3) is 0 Å². The number of carbonyl (C=O) groups excluding carboxylic acids is 1. The summed E-state index contributed by atoms with van der Waals surface area (Å²) in [5, 5.41) is 0. The van der Waals surface area contributed by atoms with E-state index in [0.29, 0.717) is 29.6 Å². The summed E-state index contributed by atoms with van der Waals surface area (Å²) >= 11 is 6.67. The van der Waals surface area contributed by atoms with Crippen molar-refractivity contribution in [3.05, 3.63) is 12.2 Å². The van der Waals surface area contributed by atoms with Crippen LogP contribution in [0.15, 0.2) is 12.2 Å². The van der Waals surface area contributed by atoms with Gasteiger partial charge in [-0.2, -0.15) is 0 Å². The number of carbonyl (C=O) groups is 1. The van der Waals surface area contributed by atoms with Crippen LogP contribution in [0.5, 0.6) is 0 Å². The second-order valence-corrected chi connectivity index (χ2v) is 10.3. The number of thiocarbonyl (C=S) groups is 1. The summed E-state index contributed by atoms with van der Waals surface area (Å²) in [7, 11) is 0. The molecule has 0 amide bonds. The average molecular weight is 343 g/mol. The minimum atomic E-state index is -0.215. The molecule has 1 unspecified atom stereocenters. The molecule has 1 aliphatic rings. The highest BCUT2D eigenvalue weighted by molar-refractivity contribution is 8.23. The smallest absolute Gasteiger partial charge is 0.220 e. The minimum absolute atomic E-state index is 0.0139. The lowest BCUT2D eigenvalue weighted by Gasteiger charge is -2.39. The van der Waals surface area contributed by atoms with Gasteiger partial charge in [-0.3, -0.25) is 4.79 Å². The molecule has 4 heteroatoms. The van der Waals surface area contributed by atoms with Gasteiger partial charge >= 0.3 is 0 Å². The fraction of sp³-hybridized carbons (Fsp3) is 0.778. The Morgan fingerprint density at radius 1 is 1.36 bits per heavy atom. The summed E-state index contributed by atoms with van der Waals surface area (Å²) in [5.41, 5.74) is 0.268. The van der Waals surface area contributed by atoms with Crippen LogP contribution < -0.4 is 0 Å². The predicted octanol–water partition coefficient (Wildman–Crippen LogP) is 5.55. The van der Waals surface area contributed by atoms with Crippen LogP contribution in [0.4, 0.5) is 0 Å². The number of allylic oxidation sites excluding steroid dienone is 2. The lowest BCUT2D eigenvalue weighted by Crippen LogP contribution is -2.31. The third-order valence-electron chi connectivity index (χ3n) is 3.92. The fourth-order valence-corrected chi connectivity index (χ4v) is 5.06. The van der Waals surface area contributed by atoms with E-state index in [2.05, 4.69) is 46.8 Å². The summed E-state index contributed by atoms with van der Waals surface area (Å²) in [5.74, 6) is 0.307. The maximum atomic E-state index is 12.6. The first-order valence-electron chi connectivity index (χ1n) is 8.02. The van der Waals surface area contributed by atoms with E-state index in [1.165, 1.54) is 11.8 Å². The molecule has 0 saturated carbocycles. The van der Waals surface area contributed by atoms with Gasteiger partial charge in [0.2, 0.25) is 4.38 Å². The monoisotopic (exact) mass is 342 g/mol. The van der Waals surface area contributed by atoms with Crippen LogP contribution in [0.1, 0.15) is 67.2 Å². The van der Waals surface area contributed by atoms with Crippen molar-refractivity contribution in [3.63, 3.8) is 0 Å². The Hall–Kier alpha value is -0.350. The molecule has 126 valence electrons. The van der Waals surface area contributed by atoms with Gasteiger partial charge < -0.3 is 4.74 Å². The topological polar surface area (TPSA) is 26.3 Å². The second kappa shape index (κ2) is 7.48. The van der Waals surface area contributed by atoms with E-state index in [4.69, 9.17) is 17.0 Å². The molecule has 0 aliphatic heterocycles. The van der Waals surface area contributed by atoms with Crippen LogP contribution in [0.25, 0.3) is 0 Å². The molecule has 0 spiro atoms. The van der Waals surface area contributed by atoms with Crippen molar-refractivity contribution >= 4 is 34.1 Å². The predicted molar refractivity (Wildman–Crippen MR) is 100 cm³/mol. The van der Waals surface area contributed by atoms with E-state index < -0.39 is 0 Å². The van der Waals surface area contributed by atoms with E-state index in [-0.39, 0.29) is 15.6 Å². The second-order valence-electron chi connectivity index (χ2n) is 8.04. The van der Waals surface area contributed by atoms with Crippen LogP contribution >= 0.6 is 24.0 Å². The van der Waals surface area contributed by atoms with E-state index in [0.717, 1.165) is 12.8 Å². The van der Waals surface area contributed by atoms with Crippen LogP contribution in [0.3, 0.4) is 0 Å². The molecule has 0 heterocycles. The zero-order chi connectivity index (χ0) is 17.0. The van der Waals surface area contributed by atoms with E-state index in [1.807, 2.05) is 6.92 Å². The summed E-state index contributed by atoms with van der Waals surface area (Å²) in [6, 6.07) is 0. The molecule has 1 rings (SSSR count). The van der Waals surface area contributed by atoms with E-state index in [9.17, 15) is 4.79 Å². The molecule has 0 aromatic heterocycles. The average Bonchev–Trinajstić information content (AvgIpc) is 2.23. The number of hydrogen-bond donors (Lipinski definition) is 0. The maximum absolute atomic E-state index is 12.6. The summed E-state index contributed by atoms with van der Waals surface area (Å²) in [6.07, 6.45) is 7.77. The van der Waals surface area contributed by atoms with Gasteiger partial charge in [-0.25, -0.2) is 0 Å². The van der Waals surface area contributed by atoms with Gasteiger partial charge in [0.15, 0.2) is 0 Å². The summed E-state index contributed by atoms with van der Waals surface area (Å²) in [4.78, 5) is 12.6. The number of thioether (sulfide) groups is 1. The van der Waals surface area contributed by atoms with E-state index in [1.54, 1.807) is 0 Å². The number of Topliss-reactive ketones (excluding diaryl/α,β-unsaturated/α-hetero) is 1. The number of ether oxygens (including phenoxy) is 1. The third-order valence-corrected chi connectivity index (χ3v) is 5.27. The van der Waals surface area contributed by atoms with Gasteiger partial charge in [0, 0.05) is 17.6 Å². The van der Waals surface area contributed by atoms with Crippen LogP contribution in [0, 0.1) is 10.8 Å². The molecule has 0 radical (unpaired) electrons. The molecule has 1 atom stereocenters. The van der Waals surface area contributed by atoms with Crippen LogP contribution in [0.2, 0.25) is 0 Å². The molecular weight excluding hydrogens is 312 g/mol. The molecule has 0 fully saturated rings. The normalized spacial score (nSPS) is 24.1. The van der Waals surface area contributed by atoms with Crippen LogP contribution in [-0.2, 0) is 9.53 Å². The van der Waals surface area contributed by atoms with Gasteiger partial charge in [0.05, 0.1) is 6.61 Å². The Kier molecular flexibility index (Phi) is 6.70. The quantitative estimate of drug-likeness (QED) is 0.467. The Bertz CT molecular complexity index is 452. The molecule has 0 N–H and O–H groups in total. The van der Waals surface area contributed by atoms with Gasteiger partial charge in [-0.15, -0.1) is 0 Å². The Morgan fingerprint density at radius 2 is 2.00 bits per heavy atom. The SMILES string of the molecule is CCOC(=S)SC(C)(C)CC(=O)CC1(C)C=CCC(C)(C)C1. The third kappa shape index (κ3) is 6.82. The van der Waals surface area contributed by atoms with Crippen molar-refractivity contribution in [1.29, 1.82) is 0 Å². The standard InChI is InChI=1S/C18H30O2S2/c1-7-20-15(21)22-17(4,5)11-14(19)12-18(6)10-8-9-16(2,3)13-18/h8,10H,7,9,11-13H2,1-6H3. The lowest BCUT2D eigenvalue weighted by atomic mass is 9.66. The van der Waals surface area contributed by atoms with Gasteiger partial charge in [-0.05, 0) is 56.7 Å². The zero-order valence-electron chi connectivity index (χ0n) is 14.8. The molecule has 0 saturated heterocycles. The molecule has 0 aromatic rings. The van der Waals surface area contributed by atoms with Gasteiger partial charge in [-0.1, -0.05) is 44.7 Å². The molecule has 22 heavy (non-hydrogen) atoms. The first kappa shape index (κ1) is 19.7.